The molecule has 0 bridgehead atoms. The fourth-order valence-corrected chi connectivity index (χ4v) is 2.59. The van der Waals surface area contributed by atoms with Crippen LogP contribution in [0.3, 0.4) is 0 Å². The lowest BCUT2D eigenvalue weighted by Crippen LogP contribution is -2.29. The number of rotatable bonds is 3. The molecule has 0 aliphatic heterocycles. The van der Waals surface area contributed by atoms with Gasteiger partial charge in [0.25, 0.3) is 0 Å². The lowest BCUT2D eigenvalue weighted by Gasteiger charge is -2.18. The first-order valence-electron chi connectivity index (χ1n) is 7.41. The fourth-order valence-electron chi connectivity index (χ4n) is 2.59. The minimum atomic E-state index is 0.144. The van der Waals surface area contributed by atoms with Gasteiger partial charge in [0.1, 0.15) is 5.49 Å². The number of hydrogen-bond acceptors (Lipinski definition) is 2. The van der Waals surface area contributed by atoms with Gasteiger partial charge in [0.2, 0.25) is 5.91 Å². The first-order chi connectivity index (χ1) is 9.16. The van der Waals surface area contributed by atoms with Crippen LogP contribution in [0.4, 0.5) is 0 Å². The zero-order valence-electron chi connectivity index (χ0n) is 12.0. The third-order valence-electron chi connectivity index (χ3n) is 3.58. The molecule has 0 amide bonds. The van der Waals surface area contributed by atoms with E-state index in [1.165, 1.54) is 19.3 Å². The van der Waals surface area contributed by atoms with Gasteiger partial charge in [0, 0.05) is 12.6 Å². The van der Waals surface area contributed by atoms with Gasteiger partial charge in [-0.05, 0) is 30.9 Å². The number of aromatic nitrogens is 1. The summed E-state index contributed by atoms with van der Waals surface area (Å²) in [5.74, 6) is 0.521. The van der Waals surface area contributed by atoms with Crippen LogP contribution in [-0.4, -0.2) is 16.5 Å². The molecule has 1 aliphatic rings. The van der Waals surface area contributed by atoms with Crippen molar-refractivity contribution in [2.75, 3.05) is 0 Å². The predicted octanol–water partition coefficient (Wildman–Crippen LogP) is 3.41. The summed E-state index contributed by atoms with van der Waals surface area (Å²) in [4.78, 5) is 17.0. The predicted molar refractivity (Wildman–Crippen MR) is 76.9 cm³/mol. The first-order valence-corrected chi connectivity index (χ1v) is 7.41. The standard InChI is InChI=1S/C16H24N2O/c1-13(2)12-16(19)18-11-7-6-10-15(18)17-14-8-4-3-5-9-14/h6-7,10-11,13-14H,3-5,8-9,12H2,1-2H3. The summed E-state index contributed by atoms with van der Waals surface area (Å²) in [6, 6.07) is 6.21. The van der Waals surface area contributed by atoms with Crippen molar-refractivity contribution in [3.63, 3.8) is 0 Å². The normalized spacial score (nSPS) is 17.9. The Morgan fingerprint density at radius 3 is 2.74 bits per heavy atom. The number of nitrogens with zero attached hydrogens (tertiary/aromatic N) is 2. The molecule has 3 heteroatoms. The largest absolute Gasteiger partial charge is 0.274 e. The highest BCUT2D eigenvalue weighted by molar-refractivity contribution is 5.78. The van der Waals surface area contributed by atoms with Gasteiger partial charge >= 0.3 is 0 Å². The van der Waals surface area contributed by atoms with Crippen molar-refractivity contribution < 1.29 is 4.79 Å². The Morgan fingerprint density at radius 2 is 2.05 bits per heavy atom. The van der Waals surface area contributed by atoms with Gasteiger partial charge in [-0.15, -0.1) is 0 Å². The molecule has 0 radical (unpaired) electrons. The molecule has 1 aromatic heterocycles. The average Bonchev–Trinajstić information content (AvgIpc) is 2.39. The molecule has 19 heavy (non-hydrogen) atoms. The van der Waals surface area contributed by atoms with E-state index in [4.69, 9.17) is 4.99 Å². The topological polar surface area (TPSA) is 34.4 Å². The molecule has 104 valence electrons. The van der Waals surface area contributed by atoms with Gasteiger partial charge in [0.05, 0.1) is 6.04 Å². The van der Waals surface area contributed by atoms with Gasteiger partial charge in [-0.2, -0.15) is 0 Å². The molecule has 3 nitrogen and oxygen atoms in total. The average molecular weight is 260 g/mol. The van der Waals surface area contributed by atoms with E-state index in [9.17, 15) is 4.79 Å². The molecule has 0 spiro atoms. The third-order valence-corrected chi connectivity index (χ3v) is 3.58. The fraction of sp³-hybridized carbons (Fsp3) is 0.625. The van der Waals surface area contributed by atoms with E-state index in [0.717, 1.165) is 18.3 Å². The molecular weight excluding hydrogens is 236 g/mol. The number of carbonyl (C=O) groups is 1. The Bertz CT molecular complexity index is 482. The van der Waals surface area contributed by atoms with E-state index in [2.05, 4.69) is 13.8 Å². The maximum Gasteiger partial charge on any atom is 0.232 e. The summed E-state index contributed by atoms with van der Waals surface area (Å²) in [6.07, 6.45) is 8.59. The summed E-state index contributed by atoms with van der Waals surface area (Å²) in [6.45, 7) is 4.14. The van der Waals surface area contributed by atoms with Gasteiger partial charge in [-0.3, -0.25) is 14.4 Å². The van der Waals surface area contributed by atoms with Crippen molar-refractivity contribution in [3.8, 4) is 0 Å². The number of hydrogen-bond donors (Lipinski definition) is 0. The van der Waals surface area contributed by atoms with Crippen LogP contribution >= 0.6 is 0 Å². The molecular formula is C16H24N2O. The van der Waals surface area contributed by atoms with E-state index < -0.39 is 0 Å². The molecule has 0 aromatic carbocycles. The van der Waals surface area contributed by atoms with Crippen molar-refractivity contribution in [3.05, 3.63) is 29.9 Å². The Hall–Kier alpha value is -1.38. The van der Waals surface area contributed by atoms with E-state index in [1.807, 2.05) is 24.4 Å². The summed E-state index contributed by atoms with van der Waals surface area (Å²) in [7, 11) is 0. The molecule has 1 saturated carbocycles. The molecule has 1 aromatic rings. The van der Waals surface area contributed by atoms with Crippen LogP contribution in [0.1, 0.15) is 57.2 Å². The lowest BCUT2D eigenvalue weighted by molar-refractivity contribution is 0.0880. The van der Waals surface area contributed by atoms with Crippen molar-refractivity contribution >= 4 is 5.91 Å². The molecule has 0 unspecified atom stereocenters. The Kier molecular flexibility index (Phi) is 4.94. The second-order valence-electron chi connectivity index (χ2n) is 5.84. The number of carbonyl (C=O) groups excluding carboxylic acids is 1. The van der Waals surface area contributed by atoms with Gasteiger partial charge in [-0.25, -0.2) is 0 Å². The van der Waals surface area contributed by atoms with Crippen molar-refractivity contribution in [1.29, 1.82) is 0 Å². The first kappa shape index (κ1) is 14.0. The zero-order valence-corrected chi connectivity index (χ0v) is 12.0. The van der Waals surface area contributed by atoms with Crippen molar-refractivity contribution in [1.82, 2.24) is 4.57 Å². The second-order valence-corrected chi connectivity index (χ2v) is 5.84. The van der Waals surface area contributed by atoms with E-state index in [0.29, 0.717) is 18.4 Å². The third kappa shape index (κ3) is 4.05. The van der Waals surface area contributed by atoms with Gasteiger partial charge < -0.3 is 0 Å². The molecule has 2 rings (SSSR count). The van der Waals surface area contributed by atoms with Crippen LogP contribution in [0.15, 0.2) is 29.4 Å². The Balaban J connectivity index is 2.24. The number of pyridine rings is 1. The maximum atomic E-state index is 12.2. The van der Waals surface area contributed by atoms with Crippen molar-refractivity contribution in [2.24, 2.45) is 10.9 Å². The minimum Gasteiger partial charge on any atom is -0.274 e. The highest BCUT2D eigenvalue weighted by Gasteiger charge is 2.13. The summed E-state index contributed by atoms with van der Waals surface area (Å²) < 4.78 is 1.72. The summed E-state index contributed by atoms with van der Waals surface area (Å²) in [5.41, 5.74) is 0.819. The minimum absolute atomic E-state index is 0.144. The summed E-state index contributed by atoms with van der Waals surface area (Å²) >= 11 is 0. The quantitative estimate of drug-likeness (QED) is 0.820. The van der Waals surface area contributed by atoms with Crippen molar-refractivity contribution in [2.45, 2.75) is 58.4 Å². The molecule has 1 aliphatic carbocycles. The van der Waals surface area contributed by atoms with E-state index in [-0.39, 0.29) is 5.91 Å². The van der Waals surface area contributed by atoms with E-state index >= 15 is 0 Å². The van der Waals surface area contributed by atoms with Crippen LogP contribution in [0.2, 0.25) is 0 Å². The van der Waals surface area contributed by atoms with Crippen LogP contribution in [0.25, 0.3) is 0 Å². The monoisotopic (exact) mass is 260 g/mol. The van der Waals surface area contributed by atoms with Gasteiger partial charge in [-0.1, -0.05) is 39.2 Å². The van der Waals surface area contributed by atoms with Crippen LogP contribution < -0.4 is 5.49 Å². The van der Waals surface area contributed by atoms with E-state index in [1.54, 1.807) is 4.57 Å². The molecule has 1 fully saturated rings. The highest BCUT2D eigenvalue weighted by Crippen LogP contribution is 2.19. The Morgan fingerprint density at radius 1 is 1.32 bits per heavy atom. The molecule has 1 heterocycles. The molecule has 0 N–H and O–H groups in total. The highest BCUT2D eigenvalue weighted by atomic mass is 16.2. The smallest absolute Gasteiger partial charge is 0.232 e. The summed E-state index contributed by atoms with van der Waals surface area (Å²) in [5, 5.41) is 0. The second kappa shape index (κ2) is 6.69. The zero-order chi connectivity index (χ0) is 13.7. The van der Waals surface area contributed by atoms with Gasteiger partial charge in [0.15, 0.2) is 0 Å². The lowest BCUT2D eigenvalue weighted by atomic mass is 9.96. The van der Waals surface area contributed by atoms with Crippen LogP contribution in [0.5, 0.6) is 0 Å². The molecule has 0 saturated heterocycles. The SMILES string of the molecule is CC(C)CC(=O)n1ccccc1=NC1CCCCC1. The Labute approximate surface area is 115 Å². The maximum absolute atomic E-state index is 12.2. The molecule has 0 atom stereocenters. The van der Waals surface area contributed by atoms with Crippen LogP contribution in [-0.2, 0) is 0 Å². The van der Waals surface area contributed by atoms with Crippen LogP contribution in [0, 0.1) is 5.92 Å².